The molecule has 0 saturated carbocycles. The Kier molecular flexibility index (Phi) is 6.17. The van der Waals surface area contributed by atoms with Gasteiger partial charge >= 0.3 is 0 Å². The highest BCUT2D eigenvalue weighted by molar-refractivity contribution is 5.48. The van der Waals surface area contributed by atoms with Gasteiger partial charge in [-0.2, -0.15) is 10.1 Å². The van der Waals surface area contributed by atoms with Crippen LogP contribution in [-0.2, 0) is 0 Å². The van der Waals surface area contributed by atoms with Crippen molar-refractivity contribution in [3.63, 3.8) is 0 Å². The summed E-state index contributed by atoms with van der Waals surface area (Å²) in [4.78, 5) is 11.9. The van der Waals surface area contributed by atoms with Crippen LogP contribution >= 0.6 is 0 Å². The summed E-state index contributed by atoms with van der Waals surface area (Å²) in [6.07, 6.45) is 8.72. The lowest BCUT2D eigenvalue weighted by Crippen LogP contribution is -2.47. The predicted molar refractivity (Wildman–Crippen MR) is 115 cm³/mol. The van der Waals surface area contributed by atoms with Crippen molar-refractivity contribution in [3.05, 3.63) is 48.2 Å². The highest BCUT2D eigenvalue weighted by Crippen LogP contribution is 2.22. The Morgan fingerprint density at radius 1 is 0.964 bits per heavy atom. The lowest BCUT2D eigenvalue weighted by Gasteiger charge is -2.35. The van der Waals surface area contributed by atoms with Gasteiger partial charge in [0.05, 0.1) is 6.20 Å². The van der Waals surface area contributed by atoms with Gasteiger partial charge in [0.2, 0.25) is 5.95 Å². The van der Waals surface area contributed by atoms with Crippen molar-refractivity contribution in [2.45, 2.75) is 19.8 Å². The lowest BCUT2D eigenvalue weighted by molar-refractivity contribution is 0.282. The minimum absolute atomic E-state index is 0.774. The van der Waals surface area contributed by atoms with E-state index in [4.69, 9.17) is 4.98 Å². The molecule has 1 aromatic heterocycles. The smallest absolute Gasteiger partial charge is 0.247 e. The van der Waals surface area contributed by atoms with Crippen LogP contribution in [0.4, 0.5) is 11.8 Å². The monoisotopic (exact) mass is 378 g/mol. The summed E-state index contributed by atoms with van der Waals surface area (Å²) in [5.74, 6) is 2.57. The van der Waals surface area contributed by atoms with Gasteiger partial charge in [0.1, 0.15) is 0 Å². The molecule has 2 aliphatic heterocycles. The van der Waals surface area contributed by atoms with E-state index in [1.807, 2.05) is 12.3 Å². The Morgan fingerprint density at radius 2 is 1.71 bits per heavy atom. The molecule has 6 heteroatoms. The van der Waals surface area contributed by atoms with Gasteiger partial charge in [-0.05, 0) is 24.3 Å². The van der Waals surface area contributed by atoms with Crippen molar-refractivity contribution in [1.29, 1.82) is 0 Å². The second-order valence-electron chi connectivity index (χ2n) is 7.88. The van der Waals surface area contributed by atoms with Crippen LogP contribution in [0.25, 0.3) is 6.08 Å². The number of piperidine rings is 1. The third-order valence-corrected chi connectivity index (χ3v) is 5.77. The summed E-state index contributed by atoms with van der Waals surface area (Å²) in [7, 11) is 0. The minimum atomic E-state index is 0.774. The second-order valence-corrected chi connectivity index (χ2v) is 7.88. The zero-order valence-electron chi connectivity index (χ0n) is 16.7. The molecule has 0 radical (unpaired) electrons. The van der Waals surface area contributed by atoms with Crippen LogP contribution in [0.2, 0.25) is 0 Å². The van der Waals surface area contributed by atoms with Crippen molar-refractivity contribution >= 4 is 17.8 Å². The summed E-state index contributed by atoms with van der Waals surface area (Å²) in [5.41, 5.74) is 1.25. The van der Waals surface area contributed by atoms with Crippen LogP contribution in [0.15, 0.2) is 42.6 Å². The van der Waals surface area contributed by atoms with Crippen molar-refractivity contribution in [2.75, 3.05) is 55.6 Å². The Hall–Kier alpha value is -2.47. The van der Waals surface area contributed by atoms with Crippen LogP contribution in [0.1, 0.15) is 25.3 Å². The maximum absolute atomic E-state index is 4.82. The molecule has 0 bridgehead atoms. The van der Waals surface area contributed by atoms with Gasteiger partial charge < -0.3 is 9.80 Å². The maximum atomic E-state index is 4.82. The van der Waals surface area contributed by atoms with Crippen molar-refractivity contribution in [1.82, 2.24) is 20.1 Å². The summed E-state index contributed by atoms with van der Waals surface area (Å²) in [5, 5.41) is 8.54. The molecule has 2 aromatic rings. The zero-order valence-corrected chi connectivity index (χ0v) is 16.7. The van der Waals surface area contributed by atoms with Gasteiger partial charge in [-0.25, -0.2) is 0 Å². The molecule has 0 amide bonds. The molecule has 0 atom stereocenters. The van der Waals surface area contributed by atoms with Crippen molar-refractivity contribution in [3.8, 4) is 0 Å². The van der Waals surface area contributed by atoms with E-state index in [1.54, 1.807) is 0 Å². The molecule has 6 nitrogen and oxygen atoms in total. The topological polar surface area (TPSA) is 48.4 Å². The third kappa shape index (κ3) is 4.87. The Labute approximate surface area is 167 Å². The van der Waals surface area contributed by atoms with Gasteiger partial charge in [-0.1, -0.05) is 49.4 Å². The molecule has 2 aliphatic rings. The first-order chi connectivity index (χ1) is 13.8. The van der Waals surface area contributed by atoms with Gasteiger partial charge in [0.15, 0.2) is 5.82 Å². The first kappa shape index (κ1) is 18.9. The average molecular weight is 379 g/mol. The molecular weight excluding hydrogens is 348 g/mol. The minimum Gasteiger partial charge on any atom is -0.355 e. The first-order valence-electron chi connectivity index (χ1n) is 10.4. The largest absolute Gasteiger partial charge is 0.355 e. The second kappa shape index (κ2) is 9.15. The third-order valence-electron chi connectivity index (χ3n) is 5.77. The fourth-order valence-electron chi connectivity index (χ4n) is 3.84. The normalized spacial score (nSPS) is 19.5. The SMILES string of the molecule is CC1CCN(c2cnnc(N3CCN(C/C=C/c4ccccc4)CC3)n2)CC1. The molecule has 0 N–H and O–H groups in total. The molecular formula is C22H30N6. The summed E-state index contributed by atoms with van der Waals surface area (Å²) >= 11 is 0. The van der Waals surface area contributed by atoms with E-state index in [0.29, 0.717) is 0 Å². The van der Waals surface area contributed by atoms with Crippen LogP contribution in [0.3, 0.4) is 0 Å². The predicted octanol–water partition coefficient (Wildman–Crippen LogP) is 2.94. The standard InChI is InChI=1S/C22H30N6/c1-19-9-12-27(13-10-19)21-18-23-25-22(24-21)28-16-14-26(15-17-28)11-5-8-20-6-3-2-4-7-20/h2-8,18-19H,9-17H2,1H3/b8-5+. The number of aromatic nitrogens is 3. The summed E-state index contributed by atoms with van der Waals surface area (Å²) in [6, 6.07) is 10.5. The quantitative estimate of drug-likeness (QED) is 0.797. The molecule has 1 aromatic carbocycles. The van der Waals surface area contributed by atoms with Crippen LogP contribution < -0.4 is 9.80 Å². The molecule has 28 heavy (non-hydrogen) atoms. The number of piperazine rings is 1. The number of hydrogen-bond donors (Lipinski definition) is 0. The van der Waals surface area contributed by atoms with E-state index in [1.165, 1.54) is 18.4 Å². The van der Waals surface area contributed by atoms with E-state index in [2.05, 4.69) is 68.2 Å². The highest BCUT2D eigenvalue weighted by Gasteiger charge is 2.21. The Morgan fingerprint density at radius 3 is 2.46 bits per heavy atom. The zero-order chi connectivity index (χ0) is 19.2. The van der Waals surface area contributed by atoms with E-state index < -0.39 is 0 Å². The average Bonchev–Trinajstić information content (AvgIpc) is 2.76. The fourth-order valence-corrected chi connectivity index (χ4v) is 3.84. The molecule has 148 valence electrons. The summed E-state index contributed by atoms with van der Waals surface area (Å²) < 4.78 is 0. The molecule has 4 rings (SSSR count). The number of nitrogens with zero attached hydrogens (tertiary/aromatic N) is 6. The highest BCUT2D eigenvalue weighted by atomic mass is 15.4. The number of rotatable bonds is 5. The Bertz CT molecular complexity index is 762. The van der Waals surface area contributed by atoms with Crippen LogP contribution in [0, 0.1) is 5.92 Å². The molecule has 0 unspecified atom stereocenters. The van der Waals surface area contributed by atoms with Crippen molar-refractivity contribution < 1.29 is 0 Å². The molecule has 2 fully saturated rings. The van der Waals surface area contributed by atoms with E-state index >= 15 is 0 Å². The van der Waals surface area contributed by atoms with Crippen molar-refractivity contribution in [2.24, 2.45) is 5.92 Å². The number of hydrogen-bond acceptors (Lipinski definition) is 6. The molecule has 0 spiro atoms. The van der Waals surface area contributed by atoms with Gasteiger partial charge in [0.25, 0.3) is 0 Å². The van der Waals surface area contributed by atoms with Gasteiger partial charge in [0, 0.05) is 45.8 Å². The number of benzene rings is 1. The first-order valence-corrected chi connectivity index (χ1v) is 10.4. The van der Waals surface area contributed by atoms with Gasteiger partial charge in [-0.15, -0.1) is 5.10 Å². The maximum Gasteiger partial charge on any atom is 0.247 e. The van der Waals surface area contributed by atoms with Crippen LogP contribution in [-0.4, -0.2) is 65.9 Å². The lowest BCUT2D eigenvalue weighted by atomic mass is 9.99. The van der Waals surface area contributed by atoms with E-state index in [0.717, 1.165) is 63.5 Å². The molecule has 3 heterocycles. The molecule has 2 saturated heterocycles. The molecule has 0 aliphatic carbocycles. The fraction of sp³-hybridized carbons (Fsp3) is 0.500. The number of anilines is 2. The van der Waals surface area contributed by atoms with E-state index in [9.17, 15) is 0 Å². The Balaban J connectivity index is 1.29. The summed E-state index contributed by atoms with van der Waals surface area (Å²) in [6.45, 7) is 9.38. The van der Waals surface area contributed by atoms with E-state index in [-0.39, 0.29) is 0 Å². The van der Waals surface area contributed by atoms with Gasteiger partial charge in [-0.3, -0.25) is 4.90 Å². The van der Waals surface area contributed by atoms with Crippen LogP contribution in [0.5, 0.6) is 0 Å².